The Labute approximate surface area is 124 Å². The Kier molecular flexibility index (Phi) is 5.46. The van der Waals surface area contributed by atoms with Gasteiger partial charge >= 0.3 is 0 Å². The van der Waals surface area contributed by atoms with Crippen LogP contribution in [0, 0.1) is 5.82 Å². The van der Waals surface area contributed by atoms with Crippen LogP contribution in [0.2, 0.25) is 0 Å². The molecule has 0 aliphatic heterocycles. The molecule has 0 heterocycles. The number of nitrogens with one attached hydrogen (secondary N) is 1. The second-order valence-corrected chi connectivity index (χ2v) is 4.94. The summed E-state index contributed by atoms with van der Waals surface area (Å²) in [6.45, 7) is 1.26. The first-order chi connectivity index (χ1) is 10.2. The first-order valence-electron chi connectivity index (χ1n) is 6.99. The lowest BCUT2D eigenvalue weighted by Gasteiger charge is -2.07. The summed E-state index contributed by atoms with van der Waals surface area (Å²) in [4.78, 5) is 10.9. The number of halogens is 1. The molecule has 0 atom stereocenters. The van der Waals surface area contributed by atoms with Crippen molar-refractivity contribution in [2.24, 2.45) is 5.73 Å². The third-order valence-corrected chi connectivity index (χ3v) is 3.31. The molecule has 0 aromatic heterocycles. The first kappa shape index (κ1) is 15.2. The Hall–Kier alpha value is -2.20. The van der Waals surface area contributed by atoms with Gasteiger partial charge in [-0.1, -0.05) is 36.4 Å². The first-order valence-corrected chi connectivity index (χ1v) is 6.99. The van der Waals surface area contributed by atoms with Crippen molar-refractivity contribution in [3.05, 3.63) is 71.0 Å². The quantitative estimate of drug-likeness (QED) is 0.769. The van der Waals surface area contributed by atoms with Crippen LogP contribution in [0.5, 0.6) is 0 Å². The highest BCUT2D eigenvalue weighted by molar-refractivity contribution is 5.92. The van der Waals surface area contributed by atoms with E-state index in [1.165, 1.54) is 11.6 Å². The van der Waals surface area contributed by atoms with Gasteiger partial charge in [0.05, 0.1) is 0 Å². The molecule has 1 amide bonds. The summed E-state index contributed by atoms with van der Waals surface area (Å²) in [5.74, 6) is -1.02. The fourth-order valence-corrected chi connectivity index (χ4v) is 2.13. The Morgan fingerprint density at radius 2 is 1.90 bits per heavy atom. The predicted octanol–water partition coefficient (Wildman–Crippen LogP) is 2.65. The highest BCUT2D eigenvalue weighted by atomic mass is 19.1. The van der Waals surface area contributed by atoms with Crippen LogP contribution in [0.1, 0.15) is 27.9 Å². The number of hydrogen-bond donors (Lipinski definition) is 2. The van der Waals surface area contributed by atoms with E-state index in [0.717, 1.165) is 19.4 Å². The topological polar surface area (TPSA) is 55.1 Å². The van der Waals surface area contributed by atoms with Crippen LogP contribution in [0.15, 0.2) is 48.5 Å². The average molecular weight is 286 g/mol. The summed E-state index contributed by atoms with van der Waals surface area (Å²) in [5, 5.41) is 3.21. The van der Waals surface area contributed by atoms with Gasteiger partial charge in [0.25, 0.3) is 0 Å². The minimum absolute atomic E-state index is 0.195. The van der Waals surface area contributed by atoms with Crippen LogP contribution >= 0.6 is 0 Å². The molecule has 2 rings (SSSR count). The molecule has 21 heavy (non-hydrogen) atoms. The smallest absolute Gasteiger partial charge is 0.248 e. The minimum atomic E-state index is -0.615. The van der Waals surface area contributed by atoms with Gasteiger partial charge in [-0.15, -0.1) is 0 Å². The Morgan fingerprint density at radius 1 is 1.14 bits per heavy atom. The summed E-state index contributed by atoms with van der Waals surface area (Å²) in [6, 6.07) is 14.6. The standard InChI is InChI=1S/C17H19FN2O/c18-16-11-14(17(19)21)8-9-15(16)12-20-10-4-7-13-5-2-1-3-6-13/h1-3,5-6,8-9,11,20H,4,7,10,12H2,(H2,19,21). The van der Waals surface area contributed by atoms with Crippen molar-refractivity contribution in [2.75, 3.05) is 6.54 Å². The Balaban J connectivity index is 1.75. The molecule has 0 fully saturated rings. The van der Waals surface area contributed by atoms with E-state index in [9.17, 15) is 9.18 Å². The monoisotopic (exact) mass is 286 g/mol. The van der Waals surface area contributed by atoms with Gasteiger partial charge in [-0.05, 0) is 37.1 Å². The van der Waals surface area contributed by atoms with Gasteiger partial charge < -0.3 is 11.1 Å². The number of carbonyl (C=O) groups is 1. The molecule has 3 N–H and O–H groups in total. The third-order valence-electron chi connectivity index (χ3n) is 3.31. The molecule has 0 saturated heterocycles. The number of primary amides is 1. The van der Waals surface area contributed by atoms with E-state index in [1.54, 1.807) is 12.1 Å². The zero-order valence-electron chi connectivity index (χ0n) is 11.8. The normalized spacial score (nSPS) is 10.5. The molecule has 0 bridgehead atoms. The molecule has 3 nitrogen and oxygen atoms in total. The van der Waals surface area contributed by atoms with Gasteiger partial charge in [0.1, 0.15) is 5.82 Å². The maximum Gasteiger partial charge on any atom is 0.248 e. The number of nitrogens with two attached hydrogens (primary N) is 1. The van der Waals surface area contributed by atoms with Crippen molar-refractivity contribution in [3.8, 4) is 0 Å². The zero-order chi connectivity index (χ0) is 15.1. The summed E-state index contributed by atoms with van der Waals surface area (Å²) in [6.07, 6.45) is 1.99. The molecule has 4 heteroatoms. The maximum absolute atomic E-state index is 13.7. The fraction of sp³-hybridized carbons (Fsp3) is 0.235. The van der Waals surface area contributed by atoms with Gasteiger partial charge in [-0.2, -0.15) is 0 Å². The van der Waals surface area contributed by atoms with Crippen LogP contribution in [-0.2, 0) is 13.0 Å². The highest BCUT2D eigenvalue weighted by Crippen LogP contribution is 2.10. The largest absolute Gasteiger partial charge is 0.366 e. The van der Waals surface area contributed by atoms with Crippen molar-refractivity contribution in [3.63, 3.8) is 0 Å². The summed E-state index contributed by atoms with van der Waals surface area (Å²) < 4.78 is 13.7. The maximum atomic E-state index is 13.7. The second kappa shape index (κ2) is 7.55. The van der Waals surface area contributed by atoms with Gasteiger partial charge in [0, 0.05) is 17.7 Å². The van der Waals surface area contributed by atoms with E-state index in [2.05, 4.69) is 17.4 Å². The van der Waals surface area contributed by atoms with Crippen molar-refractivity contribution in [1.29, 1.82) is 0 Å². The fourth-order valence-electron chi connectivity index (χ4n) is 2.13. The molecule has 0 saturated carbocycles. The van der Waals surface area contributed by atoms with E-state index in [-0.39, 0.29) is 5.56 Å². The zero-order valence-corrected chi connectivity index (χ0v) is 11.8. The second-order valence-electron chi connectivity index (χ2n) is 4.94. The highest BCUT2D eigenvalue weighted by Gasteiger charge is 2.06. The number of rotatable bonds is 7. The van der Waals surface area contributed by atoms with Crippen LogP contribution in [0.3, 0.4) is 0 Å². The number of benzene rings is 2. The molecule has 2 aromatic carbocycles. The molecule has 0 aliphatic rings. The number of amides is 1. The lowest BCUT2D eigenvalue weighted by Crippen LogP contribution is -2.17. The molecule has 0 aliphatic carbocycles. The van der Waals surface area contributed by atoms with E-state index in [4.69, 9.17) is 5.73 Å². The number of hydrogen-bond acceptors (Lipinski definition) is 2. The molecular weight excluding hydrogens is 267 g/mol. The van der Waals surface area contributed by atoms with Crippen LogP contribution in [0.25, 0.3) is 0 Å². The lowest BCUT2D eigenvalue weighted by atomic mass is 10.1. The molecule has 0 unspecified atom stereocenters. The van der Waals surface area contributed by atoms with E-state index in [1.807, 2.05) is 18.2 Å². The minimum Gasteiger partial charge on any atom is -0.366 e. The van der Waals surface area contributed by atoms with E-state index in [0.29, 0.717) is 12.1 Å². The van der Waals surface area contributed by atoms with Crippen molar-refractivity contribution < 1.29 is 9.18 Å². The number of aryl methyl sites for hydroxylation is 1. The van der Waals surface area contributed by atoms with Gasteiger partial charge in [0.2, 0.25) is 5.91 Å². The van der Waals surface area contributed by atoms with Crippen molar-refractivity contribution >= 4 is 5.91 Å². The van der Waals surface area contributed by atoms with Gasteiger partial charge in [-0.25, -0.2) is 4.39 Å². The summed E-state index contributed by atoms with van der Waals surface area (Å²) in [7, 11) is 0. The summed E-state index contributed by atoms with van der Waals surface area (Å²) >= 11 is 0. The van der Waals surface area contributed by atoms with Gasteiger partial charge in [0.15, 0.2) is 0 Å². The van der Waals surface area contributed by atoms with E-state index >= 15 is 0 Å². The molecule has 2 aromatic rings. The van der Waals surface area contributed by atoms with Crippen LogP contribution in [0.4, 0.5) is 4.39 Å². The van der Waals surface area contributed by atoms with Crippen LogP contribution in [-0.4, -0.2) is 12.5 Å². The number of carbonyl (C=O) groups excluding carboxylic acids is 1. The lowest BCUT2D eigenvalue weighted by molar-refractivity contribution is 0.1000. The SMILES string of the molecule is NC(=O)c1ccc(CNCCCc2ccccc2)c(F)c1. The van der Waals surface area contributed by atoms with Crippen molar-refractivity contribution in [1.82, 2.24) is 5.32 Å². The van der Waals surface area contributed by atoms with Crippen LogP contribution < -0.4 is 11.1 Å². The third kappa shape index (κ3) is 4.68. The predicted molar refractivity (Wildman–Crippen MR) is 81.4 cm³/mol. The molecule has 110 valence electrons. The average Bonchev–Trinajstić information content (AvgIpc) is 2.49. The van der Waals surface area contributed by atoms with Crippen molar-refractivity contribution in [2.45, 2.75) is 19.4 Å². The molecule has 0 radical (unpaired) electrons. The summed E-state index contributed by atoms with van der Waals surface area (Å²) in [5.41, 5.74) is 7.14. The molecule has 0 spiro atoms. The van der Waals surface area contributed by atoms with Gasteiger partial charge in [-0.3, -0.25) is 4.79 Å². The van der Waals surface area contributed by atoms with E-state index < -0.39 is 11.7 Å². The Morgan fingerprint density at radius 3 is 2.57 bits per heavy atom. The molecular formula is C17H19FN2O. The Bertz CT molecular complexity index is 599.